The van der Waals surface area contributed by atoms with Crippen LogP contribution in [0.2, 0.25) is 5.02 Å². The molecule has 0 saturated heterocycles. The Kier molecular flexibility index (Phi) is 2.96. The first-order chi connectivity index (χ1) is 6.72. The van der Waals surface area contributed by atoms with Gasteiger partial charge in [0.1, 0.15) is 0 Å². The van der Waals surface area contributed by atoms with Crippen LogP contribution in [0.1, 0.15) is 17.5 Å². The molecule has 0 unspecified atom stereocenters. The van der Waals surface area contributed by atoms with Crippen molar-refractivity contribution in [2.45, 2.75) is 12.8 Å². The lowest BCUT2D eigenvalue weighted by Crippen LogP contribution is -1.99. The van der Waals surface area contributed by atoms with Crippen molar-refractivity contribution in [2.24, 2.45) is 5.73 Å². The lowest BCUT2D eigenvalue weighted by atomic mass is 10.0. The van der Waals surface area contributed by atoms with E-state index >= 15 is 0 Å². The van der Waals surface area contributed by atoms with Crippen molar-refractivity contribution in [2.75, 3.05) is 6.54 Å². The van der Waals surface area contributed by atoms with Crippen LogP contribution in [0, 0.1) is 0 Å². The maximum absolute atomic E-state index is 6.01. The molecule has 1 aromatic rings. The summed E-state index contributed by atoms with van der Waals surface area (Å²) in [4.78, 5) is 0. The Morgan fingerprint density at radius 3 is 2.93 bits per heavy atom. The van der Waals surface area contributed by atoms with Crippen molar-refractivity contribution >= 4 is 33.1 Å². The minimum absolute atomic E-state index is 0.690. The lowest BCUT2D eigenvalue weighted by molar-refractivity contribution is 1.02. The summed E-state index contributed by atoms with van der Waals surface area (Å²) in [6.45, 7) is 0.690. The van der Waals surface area contributed by atoms with Crippen molar-refractivity contribution in [1.82, 2.24) is 0 Å². The number of fused-ring (bicyclic) bond motifs is 1. The fourth-order valence-corrected chi connectivity index (χ4v) is 2.80. The van der Waals surface area contributed by atoms with Crippen LogP contribution < -0.4 is 5.73 Å². The maximum Gasteiger partial charge on any atom is 0.0423 e. The zero-order valence-corrected chi connectivity index (χ0v) is 10.0. The van der Waals surface area contributed by atoms with Crippen LogP contribution in [-0.4, -0.2) is 6.54 Å². The zero-order valence-electron chi connectivity index (χ0n) is 7.69. The van der Waals surface area contributed by atoms with Crippen molar-refractivity contribution < 1.29 is 0 Å². The van der Waals surface area contributed by atoms with Crippen LogP contribution in [-0.2, 0) is 6.42 Å². The zero-order chi connectivity index (χ0) is 10.1. The average molecular weight is 273 g/mol. The molecule has 0 amide bonds. The van der Waals surface area contributed by atoms with Crippen LogP contribution in [0.15, 0.2) is 22.7 Å². The average Bonchev–Trinajstić information content (AvgIpc) is 2.49. The third-order valence-corrected chi connectivity index (χ3v) is 3.40. The molecule has 0 aromatic heterocycles. The number of rotatable bonds is 2. The van der Waals surface area contributed by atoms with Gasteiger partial charge in [-0.1, -0.05) is 33.6 Å². The van der Waals surface area contributed by atoms with Crippen LogP contribution in [0.3, 0.4) is 0 Å². The number of hydrogen-bond acceptors (Lipinski definition) is 1. The molecular weight excluding hydrogens is 261 g/mol. The monoisotopic (exact) mass is 271 g/mol. The highest BCUT2D eigenvalue weighted by molar-refractivity contribution is 9.10. The Hall–Kier alpha value is -0.310. The summed E-state index contributed by atoms with van der Waals surface area (Å²) in [6, 6.07) is 3.97. The Morgan fingerprint density at radius 1 is 1.43 bits per heavy atom. The van der Waals surface area contributed by atoms with Gasteiger partial charge in [-0.3, -0.25) is 0 Å². The molecule has 1 aliphatic carbocycles. The first-order valence-electron chi connectivity index (χ1n) is 4.59. The van der Waals surface area contributed by atoms with Gasteiger partial charge in [0.15, 0.2) is 0 Å². The molecule has 0 spiro atoms. The number of allylic oxidation sites excluding steroid dienone is 1. The smallest absolute Gasteiger partial charge is 0.0423 e. The van der Waals surface area contributed by atoms with Gasteiger partial charge < -0.3 is 5.73 Å². The summed E-state index contributed by atoms with van der Waals surface area (Å²) in [5, 5.41) is 0.778. The maximum atomic E-state index is 6.01. The van der Waals surface area contributed by atoms with Gasteiger partial charge >= 0.3 is 0 Å². The van der Waals surface area contributed by atoms with E-state index < -0.39 is 0 Å². The summed E-state index contributed by atoms with van der Waals surface area (Å²) >= 11 is 9.53. The highest BCUT2D eigenvalue weighted by Crippen LogP contribution is 2.36. The van der Waals surface area contributed by atoms with E-state index in [0.717, 1.165) is 22.3 Å². The molecule has 1 nitrogen and oxygen atoms in total. The molecule has 3 heteroatoms. The summed E-state index contributed by atoms with van der Waals surface area (Å²) < 4.78 is 1.10. The number of halogens is 2. The Labute approximate surface area is 97.1 Å². The lowest BCUT2D eigenvalue weighted by Gasteiger charge is -2.07. The first-order valence-corrected chi connectivity index (χ1v) is 5.77. The molecule has 0 heterocycles. The highest BCUT2D eigenvalue weighted by atomic mass is 79.9. The number of benzene rings is 1. The second-order valence-electron chi connectivity index (χ2n) is 3.39. The molecule has 0 bridgehead atoms. The molecule has 0 saturated carbocycles. The molecule has 0 radical (unpaired) electrons. The van der Waals surface area contributed by atoms with Crippen molar-refractivity contribution in [3.63, 3.8) is 0 Å². The van der Waals surface area contributed by atoms with Gasteiger partial charge in [0.05, 0.1) is 0 Å². The highest BCUT2D eigenvalue weighted by Gasteiger charge is 2.16. The SMILES string of the molecule is NCCC1=CCc2c(Br)cc(Cl)cc21. The van der Waals surface area contributed by atoms with E-state index in [2.05, 4.69) is 22.0 Å². The standard InChI is InChI=1S/C11H11BrClN/c12-11-6-8(13)5-10-7(3-4-14)1-2-9(10)11/h1,5-6H,2-4,14H2. The molecular formula is C11H11BrClN. The van der Waals surface area contributed by atoms with Crippen molar-refractivity contribution in [3.8, 4) is 0 Å². The van der Waals surface area contributed by atoms with Crippen LogP contribution in [0.25, 0.3) is 5.57 Å². The fraction of sp³-hybridized carbons (Fsp3) is 0.273. The number of hydrogen-bond donors (Lipinski definition) is 1. The Morgan fingerprint density at radius 2 is 2.21 bits per heavy atom. The van der Waals surface area contributed by atoms with Crippen LogP contribution in [0.4, 0.5) is 0 Å². The molecule has 2 N–H and O–H groups in total. The third kappa shape index (κ3) is 1.74. The van der Waals surface area contributed by atoms with Crippen LogP contribution in [0.5, 0.6) is 0 Å². The molecule has 2 rings (SSSR count). The van der Waals surface area contributed by atoms with Gasteiger partial charge in [0.25, 0.3) is 0 Å². The van der Waals surface area contributed by atoms with Gasteiger partial charge in [-0.05, 0) is 48.2 Å². The van der Waals surface area contributed by atoms with Gasteiger partial charge in [0, 0.05) is 9.50 Å². The van der Waals surface area contributed by atoms with E-state index in [1.807, 2.05) is 12.1 Å². The molecule has 74 valence electrons. The van der Waals surface area contributed by atoms with E-state index in [1.54, 1.807) is 0 Å². The second kappa shape index (κ2) is 4.05. The second-order valence-corrected chi connectivity index (χ2v) is 4.68. The van der Waals surface area contributed by atoms with Crippen molar-refractivity contribution in [1.29, 1.82) is 0 Å². The van der Waals surface area contributed by atoms with Gasteiger partial charge in [-0.2, -0.15) is 0 Å². The number of nitrogens with two attached hydrogens (primary N) is 1. The molecule has 14 heavy (non-hydrogen) atoms. The molecule has 1 aliphatic rings. The van der Waals surface area contributed by atoms with Crippen LogP contribution >= 0.6 is 27.5 Å². The van der Waals surface area contributed by atoms with Gasteiger partial charge in [0.2, 0.25) is 0 Å². The predicted octanol–water partition coefficient (Wildman–Crippen LogP) is 3.39. The molecule has 0 fully saturated rings. The molecule has 1 aromatic carbocycles. The van der Waals surface area contributed by atoms with E-state index in [-0.39, 0.29) is 0 Å². The largest absolute Gasteiger partial charge is 0.330 e. The van der Waals surface area contributed by atoms with E-state index in [4.69, 9.17) is 17.3 Å². The van der Waals surface area contributed by atoms with E-state index in [0.29, 0.717) is 6.54 Å². The minimum atomic E-state index is 0.690. The summed E-state index contributed by atoms with van der Waals surface area (Å²) in [5.74, 6) is 0. The minimum Gasteiger partial charge on any atom is -0.330 e. The fourth-order valence-electron chi connectivity index (χ4n) is 1.82. The molecule has 0 aliphatic heterocycles. The summed E-state index contributed by atoms with van der Waals surface area (Å²) in [7, 11) is 0. The quantitative estimate of drug-likeness (QED) is 0.877. The third-order valence-electron chi connectivity index (χ3n) is 2.47. The Bertz CT molecular complexity index is 399. The Balaban J connectivity index is 2.45. The van der Waals surface area contributed by atoms with E-state index in [9.17, 15) is 0 Å². The topological polar surface area (TPSA) is 26.0 Å². The van der Waals surface area contributed by atoms with Gasteiger partial charge in [-0.25, -0.2) is 0 Å². The normalized spacial score (nSPS) is 14.1. The molecule has 0 atom stereocenters. The van der Waals surface area contributed by atoms with Gasteiger partial charge in [-0.15, -0.1) is 0 Å². The summed E-state index contributed by atoms with van der Waals surface area (Å²) in [6.07, 6.45) is 4.15. The van der Waals surface area contributed by atoms with Crippen molar-refractivity contribution in [3.05, 3.63) is 38.8 Å². The van der Waals surface area contributed by atoms with E-state index in [1.165, 1.54) is 16.7 Å². The first kappa shape index (κ1) is 10.2. The summed E-state index contributed by atoms with van der Waals surface area (Å²) in [5.41, 5.74) is 9.47. The predicted molar refractivity (Wildman–Crippen MR) is 64.5 cm³/mol.